The van der Waals surface area contributed by atoms with E-state index in [9.17, 15) is 0 Å². The zero-order valence-corrected chi connectivity index (χ0v) is 10.3. The first-order valence-electron chi connectivity index (χ1n) is 5.59. The Labute approximate surface area is 97.9 Å². The molecule has 96 valence electrons. The molecule has 0 rings (SSSR count). The van der Waals surface area contributed by atoms with Crippen molar-refractivity contribution in [3.05, 3.63) is 17.4 Å². The minimum Gasteiger partial charge on any atom is -0.392 e. The van der Waals surface area contributed by atoms with Crippen LogP contribution in [-0.4, -0.2) is 48.4 Å². The van der Waals surface area contributed by atoms with Crippen LogP contribution in [0.15, 0.2) is 17.4 Å². The zero-order chi connectivity index (χ0) is 12.6. The van der Waals surface area contributed by atoms with Crippen molar-refractivity contribution in [1.29, 1.82) is 0 Å². The molecule has 0 aliphatic carbocycles. The monoisotopic (exact) mass is 232 g/mol. The highest BCUT2D eigenvalue weighted by atomic mass is 16.5. The molecule has 0 saturated carbocycles. The minimum atomic E-state index is -0.215. The van der Waals surface area contributed by atoms with Gasteiger partial charge in [-0.1, -0.05) is 13.8 Å². The van der Waals surface area contributed by atoms with E-state index >= 15 is 0 Å². The van der Waals surface area contributed by atoms with Crippen LogP contribution in [0.4, 0.5) is 0 Å². The number of hydrogen-bond acceptors (Lipinski definition) is 4. The fourth-order valence-electron chi connectivity index (χ4n) is 0.722. The van der Waals surface area contributed by atoms with E-state index in [1.165, 1.54) is 6.08 Å². The second kappa shape index (κ2) is 16.8. The van der Waals surface area contributed by atoms with E-state index in [4.69, 9.17) is 20.1 Å². The highest BCUT2D eigenvalue weighted by Crippen LogP contribution is 1.85. The van der Waals surface area contributed by atoms with Gasteiger partial charge in [-0.25, -0.2) is 0 Å². The molecule has 0 unspecified atom stereocenters. The highest BCUT2D eigenvalue weighted by Gasteiger charge is 1.86. The molecule has 0 amide bonds. The van der Waals surface area contributed by atoms with Crippen LogP contribution in [-0.2, 0) is 4.74 Å². The van der Waals surface area contributed by atoms with E-state index in [2.05, 4.69) is 19.6 Å². The van der Waals surface area contributed by atoms with Crippen LogP contribution in [0.5, 0.6) is 0 Å². The first-order chi connectivity index (χ1) is 7.76. The van der Waals surface area contributed by atoms with Crippen LogP contribution < -0.4 is 0 Å². The highest BCUT2D eigenvalue weighted by molar-refractivity contribution is 5.01. The first-order valence-corrected chi connectivity index (χ1v) is 5.59. The average molecular weight is 232 g/mol. The van der Waals surface area contributed by atoms with Gasteiger partial charge in [0.25, 0.3) is 0 Å². The second-order valence-electron chi connectivity index (χ2n) is 3.06. The Kier molecular flexibility index (Phi) is 18.6. The zero-order valence-electron chi connectivity index (χ0n) is 10.3. The van der Waals surface area contributed by atoms with Crippen molar-refractivity contribution in [1.82, 2.24) is 0 Å². The number of aliphatic hydroxyl groups excluding tert-OH is 3. The standard InChI is InChI=1S/C6H10O3.C6H14O/c7-3-1-2-6(4-8)5-9;1-3-5-7-6-4-2/h1,7-9H,3-5H2;3-6H2,1-2H3. The Morgan fingerprint density at radius 3 is 1.88 bits per heavy atom. The van der Waals surface area contributed by atoms with E-state index in [1.807, 2.05) is 0 Å². The van der Waals surface area contributed by atoms with Gasteiger partial charge < -0.3 is 20.1 Å². The van der Waals surface area contributed by atoms with Gasteiger partial charge in [0.05, 0.1) is 19.8 Å². The topological polar surface area (TPSA) is 69.9 Å². The third-order valence-corrected chi connectivity index (χ3v) is 1.48. The fourth-order valence-corrected chi connectivity index (χ4v) is 0.722. The van der Waals surface area contributed by atoms with Gasteiger partial charge in [0.2, 0.25) is 0 Å². The van der Waals surface area contributed by atoms with Gasteiger partial charge in [-0.15, -0.1) is 5.73 Å². The summed E-state index contributed by atoms with van der Waals surface area (Å²) in [6.07, 6.45) is 3.61. The predicted molar refractivity (Wildman–Crippen MR) is 64.3 cm³/mol. The van der Waals surface area contributed by atoms with Gasteiger partial charge >= 0.3 is 0 Å². The molecule has 0 spiro atoms. The van der Waals surface area contributed by atoms with Crippen molar-refractivity contribution < 1.29 is 20.1 Å². The van der Waals surface area contributed by atoms with Crippen molar-refractivity contribution in [3.63, 3.8) is 0 Å². The van der Waals surface area contributed by atoms with Crippen LogP contribution in [0, 0.1) is 0 Å². The number of rotatable bonds is 7. The van der Waals surface area contributed by atoms with Gasteiger partial charge in [0.15, 0.2) is 0 Å². The fraction of sp³-hybridized carbons (Fsp3) is 0.750. The molecule has 0 aromatic rings. The van der Waals surface area contributed by atoms with Crippen molar-refractivity contribution in [2.45, 2.75) is 26.7 Å². The molecule has 0 radical (unpaired) electrons. The summed E-state index contributed by atoms with van der Waals surface area (Å²) < 4.78 is 5.13. The van der Waals surface area contributed by atoms with Crippen molar-refractivity contribution in [3.8, 4) is 0 Å². The van der Waals surface area contributed by atoms with Crippen molar-refractivity contribution in [2.75, 3.05) is 33.0 Å². The van der Waals surface area contributed by atoms with E-state index in [1.54, 1.807) is 0 Å². The summed E-state index contributed by atoms with van der Waals surface area (Å²) in [7, 11) is 0. The van der Waals surface area contributed by atoms with Crippen LogP contribution in [0.25, 0.3) is 0 Å². The van der Waals surface area contributed by atoms with Crippen LogP contribution >= 0.6 is 0 Å². The third kappa shape index (κ3) is 15.8. The molecule has 0 fully saturated rings. The lowest BCUT2D eigenvalue weighted by atomic mass is 10.3. The summed E-state index contributed by atoms with van der Waals surface area (Å²) in [5.74, 6) is 0. The molecule has 0 bridgehead atoms. The van der Waals surface area contributed by atoms with Crippen molar-refractivity contribution >= 4 is 0 Å². The van der Waals surface area contributed by atoms with Crippen LogP contribution in [0.2, 0.25) is 0 Å². The largest absolute Gasteiger partial charge is 0.392 e. The quantitative estimate of drug-likeness (QED) is 0.450. The summed E-state index contributed by atoms with van der Waals surface area (Å²) in [5.41, 5.74) is 2.89. The predicted octanol–water partition coefficient (Wildman–Crippen LogP) is 0.868. The van der Waals surface area contributed by atoms with Crippen molar-refractivity contribution in [2.24, 2.45) is 0 Å². The molecule has 4 nitrogen and oxygen atoms in total. The Hall–Kier alpha value is -0.640. The molecule has 0 aromatic heterocycles. The van der Waals surface area contributed by atoms with Crippen LogP contribution in [0.1, 0.15) is 26.7 Å². The third-order valence-electron chi connectivity index (χ3n) is 1.48. The van der Waals surface area contributed by atoms with E-state index in [0.29, 0.717) is 5.57 Å². The molecular formula is C12H24O4. The normalized spacial score (nSPS) is 8.81. The molecule has 0 saturated heterocycles. The summed E-state index contributed by atoms with van der Waals surface area (Å²) in [5, 5.41) is 25.0. The minimum absolute atomic E-state index is 0.122. The molecule has 0 atom stereocenters. The summed E-state index contributed by atoms with van der Waals surface area (Å²) >= 11 is 0. The molecule has 0 aliphatic rings. The Bertz CT molecular complexity index is 173. The molecule has 0 heterocycles. The number of hydrogen-bond donors (Lipinski definition) is 3. The SMILES string of the molecule is CCCOCCC.OCC=C=C(CO)CO. The van der Waals surface area contributed by atoms with Gasteiger partial charge in [0, 0.05) is 18.8 Å². The number of ether oxygens (including phenoxy) is 1. The molecule has 4 heteroatoms. The van der Waals surface area contributed by atoms with Crippen LogP contribution in [0.3, 0.4) is 0 Å². The number of aliphatic hydroxyl groups is 3. The summed E-state index contributed by atoms with van der Waals surface area (Å²) in [4.78, 5) is 0. The Balaban J connectivity index is 0. The lowest BCUT2D eigenvalue weighted by molar-refractivity contribution is 0.135. The average Bonchev–Trinajstić information content (AvgIpc) is 2.32. The maximum Gasteiger partial charge on any atom is 0.0738 e. The lowest BCUT2D eigenvalue weighted by Crippen LogP contribution is -1.93. The maximum atomic E-state index is 8.39. The molecule has 0 aliphatic heterocycles. The maximum absolute atomic E-state index is 8.39. The molecule has 3 N–H and O–H groups in total. The van der Waals surface area contributed by atoms with Gasteiger partial charge in [-0.2, -0.15) is 0 Å². The molecule has 0 aromatic carbocycles. The van der Waals surface area contributed by atoms with E-state index < -0.39 is 0 Å². The van der Waals surface area contributed by atoms with Gasteiger partial charge in [-0.3, -0.25) is 0 Å². The van der Waals surface area contributed by atoms with Gasteiger partial charge in [-0.05, 0) is 18.9 Å². The summed E-state index contributed by atoms with van der Waals surface area (Å²) in [6, 6.07) is 0. The van der Waals surface area contributed by atoms with Gasteiger partial charge in [0.1, 0.15) is 0 Å². The first kappa shape index (κ1) is 17.7. The van der Waals surface area contributed by atoms with E-state index in [0.717, 1.165) is 26.1 Å². The second-order valence-corrected chi connectivity index (χ2v) is 3.06. The van der Waals surface area contributed by atoms with E-state index in [-0.39, 0.29) is 19.8 Å². The Morgan fingerprint density at radius 2 is 1.56 bits per heavy atom. The lowest BCUT2D eigenvalue weighted by Gasteiger charge is -1.95. The molecular weight excluding hydrogens is 208 g/mol. The molecule has 16 heavy (non-hydrogen) atoms. The smallest absolute Gasteiger partial charge is 0.0738 e. The summed E-state index contributed by atoms with van der Waals surface area (Å²) in [6.45, 7) is 5.54. The Morgan fingerprint density at radius 1 is 1.06 bits per heavy atom.